The average molecular weight is 520 g/mol. The molecule has 1 aliphatic rings. The Hall–Kier alpha value is -3.65. The maximum absolute atomic E-state index is 12.8. The lowest BCUT2D eigenvalue weighted by atomic mass is 10.0. The molecule has 0 unspecified atom stereocenters. The standard InChI is InChI=1S/C30H37N3O5/c1-19-13-23(14-20(2)27(19)38-30(4,5)29(35)36)16-33(18-26(34)31-15-22-11-12-22)17-25-21(3)37-28(32-25)24-9-7-6-8-10-24/h6-10,13-14,22H,11-12,15-18H2,1-5H3,(H,31,34)(H,35,36). The molecule has 0 atom stereocenters. The van der Waals surface area contributed by atoms with Gasteiger partial charge in [0.15, 0.2) is 5.60 Å². The molecule has 0 aliphatic heterocycles. The lowest BCUT2D eigenvalue weighted by Gasteiger charge is -2.26. The predicted molar refractivity (Wildman–Crippen MR) is 145 cm³/mol. The van der Waals surface area contributed by atoms with E-state index in [2.05, 4.69) is 10.2 Å². The van der Waals surface area contributed by atoms with E-state index in [-0.39, 0.29) is 12.5 Å². The van der Waals surface area contributed by atoms with Crippen molar-refractivity contribution in [2.24, 2.45) is 5.92 Å². The minimum atomic E-state index is -1.34. The van der Waals surface area contributed by atoms with Gasteiger partial charge in [0.2, 0.25) is 11.8 Å². The Morgan fingerprint density at radius 3 is 2.37 bits per heavy atom. The van der Waals surface area contributed by atoms with Crippen LogP contribution >= 0.6 is 0 Å². The molecule has 1 saturated carbocycles. The fourth-order valence-electron chi connectivity index (χ4n) is 4.35. The summed E-state index contributed by atoms with van der Waals surface area (Å²) >= 11 is 0. The van der Waals surface area contributed by atoms with Gasteiger partial charge in [-0.25, -0.2) is 9.78 Å². The summed E-state index contributed by atoms with van der Waals surface area (Å²) in [5.74, 6) is 1.41. The Bertz CT molecular complexity index is 1270. The zero-order valence-corrected chi connectivity index (χ0v) is 22.8. The van der Waals surface area contributed by atoms with E-state index in [1.54, 1.807) is 0 Å². The van der Waals surface area contributed by atoms with Crippen molar-refractivity contribution in [2.45, 2.75) is 66.2 Å². The molecule has 0 spiro atoms. The van der Waals surface area contributed by atoms with Gasteiger partial charge in [0, 0.05) is 25.2 Å². The van der Waals surface area contributed by atoms with Crippen molar-refractivity contribution in [1.82, 2.24) is 15.2 Å². The Balaban J connectivity index is 1.55. The summed E-state index contributed by atoms with van der Waals surface area (Å²) in [7, 11) is 0. The second-order valence-corrected chi connectivity index (χ2v) is 10.8. The van der Waals surface area contributed by atoms with Crippen LogP contribution in [-0.4, -0.2) is 45.6 Å². The molecule has 0 radical (unpaired) electrons. The second-order valence-electron chi connectivity index (χ2n) is 10.8. The molecule has 8 nitrogen and oxygen atoms in total. The molecule has 1 heterocycles. The maximum Gasteiger partial charge on any atom is 0.347 e. The lowest BCUT2D eigenvalue weighted by molar-refractivity contribution is -0.152. The molecule has 8 heteroatoms. The largest absolute Gasteiger partial charge is 0.478 e. The Morgan fingerprint density at radius 2 is 1.76 bits per heavy atom. The molecule has 2 aromatic carbocycles. The summed E-state index contributed by atoms with van der Waals surface area (Å²) < 4.78 is 11.8. The number of hydrogen-bond donors (Lipinski definition) is 2. The number of carboxylic acids is 1. The van der Waals surface area contributed by atoms with Crippen LogP contribution in [0.3, 0.4) is 0 Å². The third kappa shape index (κ3) is 7.01. The fourth-order valence-corrected chi connectivity index (χ4v) is 4.35. The van der Waals surface area contributed by atoms with Crippen molar-refractivity contribution in [3.8, 4) is 17.2 Å². The Labute approximate surface area is 224 Å². The summed E-state index contributed by atoms with van der Waals surface area (Å²) in [6.07, 6.45) is 2.35. The van der Waals surface area contributed by atoms with Crippen LogP contribution in [0.15, 0.2) is 46.9 Å². The molecule has 0 bridgehead atoms. The number of amides is 1. The van der Waals surface area contributed by atoms with E-state index in [0.29, 0.717) is 30.6 Å². The monoisotopic (exact) mass is 519 g/mol. The number of nitrogens with zero attached hydrogens (tertiary/aromatic N) is 2. The zero-order chi connectivity index (χ0) is 27.4. The van der Waals surface area contributed by atoms with Gasteiger partial charge in [0.05, 0.1) is 12.2 Å². The first kappa shape index (κ1) is 27.4. The van der Waals surface area contributed by atoms with Gasteiger partial charge in [0.1, 0.15) is 11.5 Å². The van der Waals surface area contributed by atoms with Crippen LogP contribution in [-0.2, 0) is 22.7 Å². The van der Waals surface area contributed by atoms with Crippen LogP contribution in [0.1, 0.15) is 54.8 Å². The van der Waals surface area contributed by atoms with Gasteiger partial charge in [-0.3, -0.25) is 9.69 Å². The third-order valence-electron chi connectivity index (χ3n) is 6.74. The molecule has 1 aliphatic carbocycles. The molecule has 202 valence electrons. The molecule has 38 heavy (non-hydrogen) atoms. The maximum atomic E-state index is 12.8. The highest BCUT2D eigenvalue weighted by molar-refractivity contribution is 5.78. The zero-order valence-electron chi connectivity index (χ0n) is 22.8. The first-order chi connectivity index (χ1) is 18.0. The number of aromatic nitrogens is 1. The van der Waals surface area contributed by atoms with Crippen molar-refractivity contribution in [1.29, 1.82) is 0 Å². The van der Waals surface area contributed by atoms with Crippen LogP contribution in [0, 0.1) is 26.7 Å². The molecule has 1 fully saturated rings. The Morgan fingerprint density at radius 1 is 1.11 bits per heavy atom. The van der Waals surface area contributed by atoms with Gasteiger partial charge in [-0.1, -0.05) is 30.3 Å². The summed E-state index contributed by atoms with van der Waals surface area (Å²) in [4.78, 5) is 31.2. The van der Waals surface area contributed by atoms with Crippen LogP contribution in [0.2, 0.25) is 0 Å². The number of carbonyl (C=O) groups is 2. The van der Waals surface area contributed by atoms with Gasteiger partial charge < -0.3 is 19.6 Å². The van der Waals surface area contributed by atoms with Gasteiger partial charge in [-0.15, -0.1) is 0 Å². The Kier molecular flexibility index (Phi) is 8.21. The van der Waals surface area contributed by atoms with Crippen molar-refractivity contribution in [3.63, 3.8) is 0 Å². The number of benzene rings is 2. The second kappa shape index (κ2) is 11.4. The van der Waals surface area contributed by atoms with E-state index in [0.717, 1.165) is 40.3 Å². The van der Waals surface area contributed by atoms with E-state index < -0.39 is 11.6 Å². The van der Waals surface area contributed by atoms with Crippen molar-refractivity contribution in [2.75, 3.05) is 13.1 Å². The number of ether oxygens (including phenoxy) is 1. The molecule has 3 aromatic rings. The highest BCUT2D eigenvalue weighted by atomic mass is 16.5. The molecule has 4 rings (SSSR count). The van der Waals surface area contributed by atoms with Crippen LogP contribution in [0.25, 0.3) is 11.5 Å². The minimum Gasteiger partial charge on any atom is -0.478 e. The summed E-state index contributed by atoms with van der Waals surface area (Å²) in [6, 6.07) is 13.7. The van der Waals surface area contributed by atoms with Gasteiger partial charge in [0.25, 0.3) is 0 Å². The molecule has 2 N–H and O–H groups in total. The predicted octanol–water partition coefficient (Wildman–Crippen LogP) is 5.04. The molecular formula is C30H37N3O5. The molecule has 1 amide bonds. The highest BCUT2D eigenvalue weighted by Crippen LogP contribution is 2.30. The van der Waals surface area contributed by atoms with E-state index in [1.807, 2.05) is 63.2 Å². The normalized spacial score (nSPS) is 13.5. The number of carboxylic acid groups (broad SMARTS) is 1. The molecule has 0 saturated heterocycles. The van der Waals surface area contributed by atoms with Gasteiger partial charge in [-0.2, -0.15) is 0 Å². The fraction of sp³-hybridized carbons (Fsp3) is 0.433. The van der Waals surface area contributed by atoms with E-state index >= 15 is 0 Å². The van der Waals surface area contributed by atoms with Crippen molar-refractivity contribution >= 4 is 11.9 Å². The quantitative estimate of drug-likeness (QED) is 0.345. The summed E-state index contributed by atoms with van der Waals surface area (Å²) in [5, 5.41) is 12.5. The first-order valence-corrected chi connectivity index (χ1v) is 13.0. The summed E-state index contributed by atoms with van der Waals surface area (Å²) in [5.41, 5.74) is 3.04. The highest BCUT2D eigenvalue weighted by Gasteiger charge is 2.31. The van der Waals surface area contributed by atoms with Crippen molar-refractivity contribution in [3.05, 3.63) is 70.6 Å². The van der Waals surface area contributed by atoms with Crippen molar-refractivity contribution < 1.29 is 23.8 Å². The van der Waals surface area contributed by atoms with E-state index in [9.17, 15) is 14.7 Å². The number of aryl methyl sites for hydroxylation is 3. The van der Waals surface area contributed by atoms with Gasteiger partial charge >= 0.3 is 5.97 Å². The minimum absolute atomic E-state index is 0.0158. The average Bonchev–Trinajstić information content (AvgIpc) is 3.62. The molecule has 1 aromatic heterocycles. The van der Waals surface area contributed by atoms with Crippen LogP contribution < -0.4 is 10.1 Å². The van der Waals surface area contributed by atoms with Gasteiger partial charge in [-0.05, 0) is 82.2 Å². The molecular weight excluding hydrogens is 482 g/mol. The number of carbonyl (C=O) groups excluding carboxylic acids is 1. The van der Waals surface area contributed by atoms with E-state index in [4.69, 9.17) is 14.1 Å². The third-order valence-corrected chi connectivity index (χ3v) is 6.74. The smallest absolute Gasteiger partial charge is 0.347 e. The van der Waals surface area contributed by atoms with Crippen LogP contribution in [0.4, 0.5) is 0 Å². The SMILES string of the molecule is Cc1cc(CN(CC(=O)NCC2CC2)Cc2nc(-c3ccccc3)oc2C)cc(C)c1OC(C)(C)C(=O)O. The lowest BCUT2D eigenvalue weighted by Crippen LogP contribution is -2.38. The first-order valence-electron chi connectivity index (χ1n) is 13.0. The number of rotatable bonds is 12. The number of oxazole rings is 1. The van der Waals surface area contributed by atoms with Crippen LogP contribution in [0.5, 0.6) is 5.75 Å². The number of hydrogen-bond acceptors (Lipinski definition) is 6. The summed E-state index contributed by atoms with van der Waals surface area (Å²) in [6.45, 7) is 10.7. The topological polar surface area (TPSA) is 105 Å². The number of nitrogens with one attached hydrogen (secondary N) is 1. The van der Waals surface area contributed by atoms with E-state index in [1.165, 1.54) is 26.7 Å². The number of aliphatic carboxylic acids is 1.